The van der Waals surface area contributed by atoms with Gasteiger partial charge in [0.15, 0.2) is 0 Å². The molecule has 0 spiro atoms. The van der Waals surface area contributed by atoms with Crippen molar-refractivity contribution >= 4 is 11.6 Å². The van der Waals surface area contributed by atoms with E-state index in [1.807, 2.05) is 17.9 Å². The van der Waals surface area contributed by atoms with E-state index in [-0.39, 0.29) is 5.41 Å². The molecule has 1 aliphatic carbocycles. The molecule has 0 radical (unpaired) electrons. The van der Waals surface area contributed by atoms with E-state index in [1.165, 1.54) is 18.5 Å². The number of halogens is 1. The van der Waals surface area contributed by atoms with Crippen LogP contribution >= 0.6 is 11.6 Å². The van der Waals surface area contributed by atoms with Gasteiger partial charge in [0.1, 0.15) is 0 Å². The minimum atomic E-state index is 0.109. The zero-order chi connectivity index (χ0) is 12.6. The zero-order valence-electron chi connectivity index (χ0n) is 11.3. The van der Waals surface area contributed by atoms with Crippen LogP contribution in [-0.4, -0.2) is 15.2 Å². The van der Waals surface area contributed by atoms with E-state index in [9.17, 15) is 0 Å². The number of aryl methyl sites for hydroxylation is 1. The summed E-state index contributed by atoms with van der Waals surface area (Å²) < 4.78 is 1.99. The molecule has 1 heterocycles. The van der Waals surface area contributed by atoms with Crippen molar-refractivity contribution in [2.45, 2.75) is 50.8 Å². The summed E-state index contributed by atoms with van der Waals surface area (Å²) >= 11 is 6.60. The molecule has 3 unspecified atom stereocenters. The molecule has 0 N–H and O–H groups in total. The topological polar surface area (TPSA) is 17.8 Å². The summed E-state index contributed by atoms with van der Waals surface area (Å²) in [7, 11) is 2.02. The third-order valence-corrected chi connectivity index (χ3v) is 4.93. The van der Waals surface area contributed by atoms with Crippen LogP contribution in [0.5, 0.6) is 0 Å². The number of rotatable bonds is 2. The molecule has 3 heteroatoms. The van der Waals surface area contributed by atoms with Gasteiger partial charge in [0.2, 0.25) is 0 Å². The molecular formula is C14H23ClN2. The highest BCUT2D eigenvalue weighted by Gasteiger charge is 2.40. The summed E-state index contributed by atoms with van der Waals surface area (Å²) in [5, 5.41) is 4.59. The summed E-state index contributed by atoms with van der Waals surface area (Å²) in [4.78, 5) is 0. The maximum atomic E-state index is 6.60. The third kappa shape index (κ3) is 2.37. The van der Waals surface area contributed by atoms with E-state index in [4.69, 9.17) is 11.6 Å². The smallest absolute Gasteiger partial charge is 0.0492 e. The van der Waals surface area contributed by atoms with Crippen molar-refractivity contribution in [1.82, 2.24) is 9.78 Å². The van der Waals surface area contributed by atoms with E-state index in [0.29, 0.717) is 11.3 Å². The summed E-state index contributed by atoms with van der Waals surface area (Å²) in [5.74, 6) is 1.33. The van der Waals surface area contributed by atoms with Crippen LogP contribution in [0.4, 0.5) is 0 Å². The predicted octanol–water partition coefficient (Wildman–Crippen LogP) is 3.74. The van der Waals surface area contributed by atoms with Gasteiger partial charge in [-0.3, -0.25) is 4.68 Å². The Morgan fingerprint density at radius 3 is 2.65 bits per heavy atom. The number of alkyl halides is 1. The minimum Gasteiger partial charge on any atom is -0.272 e. The Kier molecular flexibility index (Phi) is 3.53. The van der Waals surface area contributed by atoms with Crippen molar-refractivity contribution in [3.05, 3.63) is 18.0 Å². The Balaban J connectivity index is 2.24. The molecule has 96 valence electrons. The highest BCUT2D eigenvalue weighted by molar-refractivity contribution is 6.20. The highest BCUT2D eigenvalue weighted by Crippen LogP contribution is 2.44. The van der Waals surface area contributed by atoms with Crippen LogP contribution < -0.4 is 0 Å². The summed E-state index contributed by atoms with van der Waals surface area (Å²) in [6, 6.07) is 2.13. The van der Waals surface area contributed by atoms with Crippen LogP contribution in [0.15, 0.2) is 12.3 Å². The first-order valence-corrected chi connectivity index (χ1v) is 6.99. The van der Waals surface area contributed by atoms with Crippen molar-refractivity contribution in [1.29, 1.82) is 0 Å². The quantitative estimate of drug-likeness (QED) is 0.736. The SMILES string of the molecule is CC1CCC(C(C)(C)c2ccnn2C)C(Cl)C1. The molecular weight excluding hydrogens is 232 g/mol. The van der Waals surface area contributed by atoms with Gasteiger partial charge in [0.25, 0.3) is 0 Å². The van der Waals surface area contributed by atoms with Gasteiger partial charge in [-0.1, -0.05) is 27.2 Å². The molecule has 0 aliphatic heterocycles. The average molecular weight is 255 g/mol. The van der Waals surface area contributed by atoms with E-state index >= 15 is 0 Å². The Bertz CT molecular complexity index is 383. The lowest BCUT2D eigenvalue weighted by molar-refractivity contribution is 0.200. The van der Waals surface area contributed by atoms with Crippen molar-refractivity contribution in [3.8, 4) is 0 Å². The standard InChI is InChI=1S/C14H23ClN2/c1-10-5-6-11(12(15)9-10)14(2,3)13-7-8-16-17(13)4/h7-8,10-12H,5-6,9H2,1-4H3. The molecule has 3 atom stereocenters. The second kappa shape index (κ2) is 4.64. The lowest BCUT2D eigenvalue weighted by atomic mass is 9.67. The van der Waals surface area contributed by atoms with Crippen molar-refractivity contribution < 1.29 is 0 Å². The van der Waals surface area contributed by atoms with E-state index in [0.717, 1.165) is 12.3 Å². The summed E-state index contributed by atoms with van der Waals surface area (Å²) in [5.41, 5.74) is 1.40. The molecule has 0 saturated heterocycles. The molecule has 1 aromatic heterocycles. The Hall–Kier alpha value is -0.500. The van der Waals surface area contributed by atoms with Crippen LogP contribution in [0.3, 0.4) is 0 Å². The molecule has 1 aromatic rings. The fourth-order valence-electron chi connectivity index (χ4n) is 3.32. The van der Waals surface area contributed by atoms with Gasteiger partial charge in [-0.05, 0) is 30.7 Å². The average Bonchev–Trinajstić information content (AvgIpc) is 2.64. The molecule has 0 aromatic carbocycles. The minimum absolute atomic E-state index is 0.109. The lowest BCUT2D eigenvalue weighted by Gasteiger charge is -2.41. The maximum Gasteiger partial charge on any atom is 0.0492 e. The van der Waals surface area contributed by atoms with Crippen LogP contribution in [0.25, 0.3) is 0 Å². The monoisotopic (exact) mass is 254 g/mol. The van der Waals surface area contributed by atoms with Gasteiger partial charge < -0.3 is 0 Å². The van der Waals surface area contributed by atoms with Crippen molar-refractivity contribution in [2.24, 2.45) is 18.9 Å². The number of hydrogen-bond donors (Lipinski definition) is 0. The van der Waals surface area contributed by atoms with Crippen LogP contribution in [0.2, 0.25) is 0 Å². The number of aromatic nitrogens is 2. The van der Waals surface area contributed by atoms with Crippen LogP contribution in [0, 0.1) is 11.8 Å². The zero-order valence-corrected chi connectivity index (χ0v) is 12.0. The van der Waals surface area contributed by atoms with Crippen LogP contribution in [-0.2, 0) is 12.5 Å². The van der Waals surface area contributed by atoms with Crippen molar-refractivity contribution in [3.63, 3.8) is 0 Å². The molecule has 1 fully saturated rings. The normalized spacial score (nSPS) is 30.5. The summed E-state index contributed by atoms with van der Waals surface area (Å²) in [6.07, 6.45) is 5.56. The largest absolute Gasteiger partial charge is 0.272 e. The summed E-state index contributed by atoms with van der Waals surface area (Å²) in [6.45, 7) is 6.92. The molecule has 1 aliphatic rings. The second-order valence-electron chi connectivity index (χ2n) is 6.10. The predicted molar refractivity (Wildman–Crippen MR) is 72.4 cm³/mol. The fraction of sp³-hybridized carbons (Fsp3) is 0.786. The molecule has 0 amide bonds. The second-order valence-corrected chi connectivity index (χ2v) is 6.66. The van der Waals surface area contributed by atoms with Gasteiger partial charge in [-0.2, -0.15) is 5.10 Å². The van der Waals surface area contributed by atoms with Gasteiger partial charge in [0.05, 0.1) is 0 Å². The molecule has 17 heavy (non-hydrogen) atoms. The number of hydrogen-bond acceptors (Lipinski definition) is 1. The Labute approximate surface area is 109 Å². The van der Waals surface area contributed by atoms with E-state index in [2.05, 4.69) is 31.9 Å². The highest BCUT2D eigenvalue weighted by atomic mass is 35.5. The van der Waals surface area contributed by atoms with Gasteiger partial charge in [-0.15, -0.1) is 11.6 Å². The van der Waals surface area contributed by atoms with Gasteiger partial charge in [0, 0.05) is 29.7 Å². The Morgan fingerprint density at radius 2 is 2.12 bits per heavy atom. The van der Waals surface area contributed by atoms with E-state index < -0.39 is 0 Å². The molecule has 2 rings (SSSR count). The molecule has 2 nitrogen and oxygen atoms in total. The third-order valence-electron chi connectivity index (χ3n) is 4.44. The first-order chi connectivity index (χ1) is 7.93. The first kappa shape index (κ1) is 12.9. The first-order valence-electron chi connectivity index (χ1n) is 6.55. The fourth-order valence-corrected chi connectivity index (χ4v) is 4.07. The molecule has 0 bridgehead atoms. The van der Waals surface area contributed by atoms with Crippen molar-refractivity contribution in [2.75, 3.05) is 0 Å². The molecule has 1 saturated carbocycles. The number of nitrogens with zero attached hydrogens (tertiary/aromatic N) is 2. The Morgan fingerprint density at radius 1 is 1.41 bits per heavy atom. The van der Waals surface area contributed by atoms with Crippen LogP contribution in [0.1, 0.15) is 45.7 Å². The lowest BCUT2D eigenvalue weighted by Crippen LogP contribution is -2.40. The van der Waals surface area contributed by atoms with Gasteiger partial charge >= 0.3 is 0 Å². The maximum absolute atomic E-state index is 6.60. The van der Waals surface area contributed by atoms with E-state index in [1.54, 1.807) is 0 Å². The van der Waals surface area contributed by atoms with Gasteiger partial charge in [-0.25, -0.2) is 0 Å².